The van der Waals surface area contributed by atoms with Crippen LogP contribution in [0.15, 0.2) is 70.1 Å². The maximum atomic E-state index is 11.9. The predicted molar refractivity (Wildman–Crippen MR) is 94.6 cm³/mol. The number of nitrogens with zero attached hydrogens (tertiary/aromatic N) is 2. The minimum absolute atomic E-state index is 0.190. The summed E-state index contributed by atoms with van der Waals surface area (Å²) in [5, 5.41) is 4.67. The average molecular weight is 304 g/mol. The Morgan fingerprint density at radius 3 is 2.70 bits per heavy atom. The van der Waals surface area contributed by atoms with E-state index < -0.39 is 0 Å². The van der Waals surface area contributed by atoms with Crippen molar-refractivity contribution in [1.82, 2.24) is 9.97 Å². The largest absolute Gasteiger partial charge is 0.291 e. The van der Waals surface area contributed by atoms with Gasteiger partial charge in [0.15, 0.2) is 0 Å². The SMILES string of the molecule is C/C(C=NNc1nc2ccccc2c(=O)[nH]1)=C\c1ccccc1. The summed E-state index contributed by atoms with van der Waals surface area (Å²) in [6.07, 6.45) is 3.70. The maximum Gasteiger partial charge on any atom is 0.260 e. The molecule has 0 unspecified atom stereocenters. The van der Waals surface area contributed by atoms with E-state index in [1.165, 1.54) is 0 Å². The van der Waals surface area contributed by atoms with Crippen LogP contribution in [0.25, 0.3) is 17.0 Å². The van der Waals surface area contributed by atoms with E-state index in [0.29, 0.717) is 16.9 Å². The number of aromatic amines is 1. The quantitative estimate of drug-likeness (QED) is 0.573. The van der Waals surface area contributed by atoms with Gasteiger partial charge in [-0.1, -0.05) is 48.5 Å². The minimum Gasteiger partial charge on any atom is -0.291 e. The van der Waals surface area contributed by atoms with Gasteiger partial charge in [0.05, 0.1) is 17.1 Å². The molecule has 3 aromatic rings. The third-order valence-corrected chi connectivity index (χ3v) is 3.25. The first-order chi connectivity index (χ1) is 11.2. The van der Waals surface area contributed by atoms with Crippen molar-refractivity contribution in [1.29, 1.82) is 0 Å². The number of hydrogen-bond acceptors (Lipinski definition) is 4. The van der Waals surface area contributed by atoms with Gasteiger partial charge in [-0.15, -0.1) is 0 Å². The van der Waals surface area contributed by atoms with Crippen LogP contribution < -0.4 is 11.0 Å². The molecule has 0 aliphatic carbocycles. The summed E-state index contributed by atoms with van der Waals surface area (Å²) in [4.78, 5) is 18.9. The summed E-state index contributed by atoms with van der Waals surface area (Å²) in [5.41, 5.74) is 5.28. The van der Waals surface area contributed by atoms with Crippen molar-refractivity contribution < 1.29 is 0 Å². The van der Waals surface area contributed by atoms with Gasteiger partial charge in [0, 0.05) is 0 Å². The standard InChI is InChI=1S/C18H16N4O/c1-13(11-14-7-3-2-4-8-14)12-19-22-18-20-16-10-6-5-9-15(16)17(23)21-18/h2-12H,1H3,(H2,20,21,22,23)/b13-11+,19-12?. The Bertz CT molecular complexity index is 926. The fraction of sp³-hybridized carbons (Fsp3) is 0.0556. The molecule has 0 radical (unpaired) electrons. The highest BCUT2D eigenvalue weighted by Crippen LogP contribution is 2.08. The van der Waals surface area contributed by atoms with E-state index >= 15 is 0 Å². The van der Waals surface area contributed by atoms with Gasteiger partial charge in [0.2, 0.25) is 5.95 Å². The molecule has 0 atom stereocenters. The number of aromatic nitrogens is 2. The molecule has 114 valence electrons. The molecule has 2 aromatic carbocycles. The van der Waals surface area contributed by atoms with Crippen LogP contribution in [-0.2, 0) is 0 Å². The maximum absolute atomic E-state index is 11.9. The summed E-state index contributed by atoms with van der Waals surface area (Å²) < 4.78 is 0. The molecule has 0 saturated heterocycles. The summed E-state index contributed by atoms with van der Waals surface area (Å²) in [7, 11) is 0. The predicted octanol–water partition coefficient (Wildman–Crippen LogP) is 3.42. The molecule has 0 aliphatic heterocycles. The molecular weight excluding hydrogens is 288 g/mol. The first-order valence-corrected chi connectivity index (χ1v) is 7.24. The van der Waals surface area contributed by atoms with Crippen LogP contribution in [0.3, 0.4) is 0 Å². The van der Waals surface area contributed by atoms with Crippen molar-refractivity contribution in [2.24, 2.45) is 5.10 Å². The second kappa shape index (κ2) is 6.70. The van der Waals surface area contributed by atoms with Gasteiger partial charge in [-0.25, -0.2) is 10.4 Å². The smallest absolute Gasteiger partial charge is 0.260 e. The van der Waals surface area contributed by atoms with Crippen molar-refractivity contribution in [2.75, 3.05) is 5.43 Å². The number of anilines is 1. The molecule has 3 rings (SSSR count). The van der Waals surface area contributed by atoms with Crippen LogP contribution in [0.2, 0.25) is 0 Å². The molecule has 23 heavy (non-hydrogen) atoms. The molecular formula is C18H16N4O. The Morgan fingerprint density at radius 2 is 1.87 bits per heavy atom. The van der Waals surface area contributed by atoms with Crippen LogP contribution in [-0.4, -0.2) is 16.2 Å². The molecule has 5 nitrogen and oxygen atoms in total. The molecule has 0 saturated carbocycles. The number of fused-ring (bicyclic) bond motifs is 1. The lowest BCUT2D eigenvalue weighted by atomic mass is 10.1. The Labute approximate surface area is 133 Å². The summed E-state index contributed by atoms with van der Waals surface area (Å²) in [5.74, 6) is 0.317. The molecule has 5 heteroatoms. The molecule has 1 heterocycles. The topological polar surface area (TPSA) is 70.1 Å². The molecule has 0 spiro atoms. The van der Waals surface area contributed by atoms with E-state index in [2.05, 4.69) is 20.5 Å². The Kier molecular flexibility index (Phi) is 4.29. The number of hydrazone groups is 1. The van der Waals surface area contributed by atoms with Gasteiger partial charge in [-0.05, 0) is 30.2 Å². The number of H-pyrrole nitrogens is 1. The van der Waals surface area contributed by atoms with Crippen molar-refractivity contribution in [3.63, 3.8) is 0 Å². The van der Waals surface area contributed by atoms with Gasteiger partial charge in [0.1, 0.15) is 0 Å². The lowest BCUT2D eigenvalue weighted by Crippen LogP contribution is -2.10. The lowest BCUT2D eigenvalue weighted by Gasteiger charge is -2.01. The van der Waals surface area contributed by atoms with Crippen molar-refractivity contribution >= 4 is 29.1 Å². The van der Waals surface area contributed by atoms with Crippen LogP contribution in [0.1, 0.15) is 12.5 Å². The molecule has 0 bridgehead atoms. The van der Waals surface area contributed by atoms with E-state index in [9.17, 15) is 4.79 Å². The summed E-state index contributed by atoms with van der Waals surface area (Å²) in [6, 6.07) is 17.2. The Hall–Kier alpha value is -3.21. The van der Waals surface area contributed by atoms with E-state index in [1.807, 2.05) is 55.5 Å². The second-order valence-electron chi connectivity index (χ2n) is 5.10. The van der Waals surface area contributed by atoms with Gasteiger partial charge in [-0.2, -0.15) is 5.10 Å². The van der Waals surface area contributed by atoms with Gasteiger partial charge in [-0.3, -0.25) is 9.78 Å². The number of benzene rings is 2. The first kappa shape index (κ1) is 14.7. The van der Waals surface area contributed by atoms with Crippen molar-refractivity contribution in [3.05, 3.63) is 76.1 Å². The normalized spacial score (nSPS) is 12.0. The number of nitrogens with one attached hydrogen (secondary N) is 2. The average Bonchev–Trinajstić information content (AvgIpc) is 2.56. The molecule has 2 N–H and O–H groups in total. The van der Waals surface area contributed by atoms with E-state index in [4.69, 9.17) is 0 Å². The number of para-hydroxylation sites is 1. The summed E-state index contributed by atoms with van der Waals surface area (Å²) in [6.45, 7) is 1.95. The number of allylic oxidation sites excluding steroid dienone is 1. The van der Waals surface area contributed by atoms with E-state index in [1.54, 1.807) is 18.3 Å². The fourth-order valence-electron chi connectivity index (χ4n) is 2.18. The highest BCUT2D eigenvalue weighted by molar-refractivity contribution is 5.85. The van der Waals surface area contributed by atoms with E-state index in [-0.39, 0.29) is 5.56 Å². The molecule has 1 aromatic heterocycles. The van der Waals surface area contributed by atoms with Crippen LogP contribution >= 0.6 is 0 Å². The zero-order valence-electron chi connectivity index (χ0n) is 12.7. The van der Waals surface area contributed by atoms with Crippen molar-refractivity contribution in [2.45, 2.75) is 6.92 Å². The van der Waals surface area contributed by atoms with Gasteiger partial charge >= 0.3 is 0 Å². The van der Waals surface area contributed by atoms with Gasteiger partial charge in [0.25, 0.3) is 5.56 Å². The third-order valence-electron chi connectivity index (χ3n) is 3.25. The zero-order valence-corrected chi connectivity index (χ0v) is 12.7. The zero-order chi connectivity index (χ0) is 16.1. The Balaban J connectivity index is 1.75. The van der Waals surface area contributed by atoms with Crippen LogP contribution in [0.4, 0.5) is 5.95 Å². The van der Waals surface area contributed by atoms with Crippen LogP contribution in [0.5, 0.6) is 0 Å². The first-order valence-electron chi connectivity index (χ1n) is 7.24. The summed E-state index contributed by atoms with van der Waals surface area (Å²) >= 11 is 0. The van der Waals surface area contributed by atoms with Crippen molar-refractivity contribution in [3.8, 4) is 0 Å². The number of rotatable bonds is 4. The van der Waals surface area contributed by atoms with Gasteiger partial charge < -0.3 is 0 Å². The highest BCUT2D eigenvalue weighted by Gasteiger charge is 2.01. The monoisotopic (exact) mass is 304 g/mol. The molecule has 0 amide bonds. The molecule has 0 aliphatic rings. The third kappa shape index (κ3) is 3.71. The molecule has 0 fully saturated rings. The van der Waals surface area contributed by atoms with E-state index in [0.717, 1.165) is 11.1 Å². The minimum atomic E-state index is -0.190. The fourth-order valence-corrected chi connectivity index (χ4v) is 2.18. The highest BCUT2D eigenvalue weighted by atomic mass is 16.1. The second-order valence-corrected chi connectivity index (χ2v) is 5.10. The number of hydrogen-bond donors (Lipinski definition) is 2. The van der Waals surface area contributed by atoms with Crippen LogP contribution in [0, 0.1) is 0 Å². The Morgan fingerprint density at radius 1 is 1.13 bits per heavy atom. The lowest BCUT2D eigenvalue weighted by molar-refractivity contribution is 1.12.